The van der Waals surface area contributed by atoms with Gasteiger partial charge in [-0.3, -0.25) is 0 Å². The number of nitrogens with zero attached hydrogens (tertiary/aromatic N) is 2. The second-order valence-electron chi connectivity index (χ2n) is 2.95. The van der Waals surface area contributed by atoms with Crippen LogP contribution in [0, 0.1) is 0 Å². The van der Waals surface area contributed by atoms with Gasteiger partial charge in [-0.15, -0.1) is 0 Å². The summed E-state index contributed by atoms with van der Waals surface area (Å²) in [6.07, 6.45) is 3.04. The maximum absolute atomic E-state index is 9.34. The SMILES string of the molecule is O[C@@H]1CC[C@H]1n1cnc(Cl)c1Cl. The summed E-state index contributed by atoms with van der Waals surface area (Å²) in [4.78, 5) is 3.84. The molecular formula is C7H8Cl2N2O. The van der Waals surface area contributed by atoms with E-state index in [2.05, 4.69) is 4.98 Å². The van der Waals surface area contributed by atoms with Gasteiger partial charge in [-0.25, -0.2) is 4.98 Å². The van der Waals surface area contributed by atoms with Crippen LogP contribution in [0.15, 0.2) is 6.33 Å². The molecule has 0 spiro atoms. The lowest BCUT2D eigenvalue weighted by Crippen LogP contribution is -2.33. The first-order chi connectivity index (χ1) is 5.70. The summed E-state index contributed by atoms with van der Waals surface area (Å²) in [6, 6.07) is 0.0671. The fraction of sp³-hybridized carbons (Fsp3) is 0.571. The first kappa shape index (κ1) is 8.35. The fourth-order valence-corrected chi connectivity index (χ4v) is 1.70. The van der Waals surface area contributed by atoms with E-state index in [1.54, 1.807) is 10.9 Å². The Balaban J connectivity index is 2.28. The molecule has 1 saturated carbocycles. The molecule has 0 aromatic carbocycles. The lowest BCUT2D eigenvalue weighted by atomic mass is 9.89. The van der Waals surface area contributed by atoms with Gasteiger partial charge < -0.3 is 9.67 Å². The molecule has 1 aromatic rings. The zero-order valence-corrected chi connectivity index (χ0v) is 7.76. The first-order valence-corrected chi connectivity index (χ1v) is 4.51. The molecule has 0 unspecified atom stereocenters. The van der Waals surface area contributed by atoms with Crippen molar-refractivity contribution in [1.82, 2.24) is 9.55 Å². The van der Waals surface area contributed by atoms with Gasteiger partial charge in [0.25, 0.3) is 0 Å². The number of hydrogen-bond donors (Lipinski definition) is 1. The molecule has 5 heteroatoms. The predicted octanol–water partition coefficient (Wildman–Crippen LogP) is 1.89. The molecule has 2 atom stereocenters. The molecule has 12 heavy (non-hydrogen) atoms. The monoisotopic (exact) mass is 206 g/mol. The van der Waals surface area contributed by atoms with Crippen LogP contribution in [0.2, 0.25) is 10.3 Å². The predicted molar refractivity (Wildman–Crippen MR) is 46.5 cm³/mol. The summed E-state index contributed by atoms with van der Waals surface area (Å²) in [5.74, 6) is 0. The topological polar surface area (TPSA) is 38.0 Å². The highest BCUT2D eigenvalue weighted by molar-refractivity contribution is 6.40. The van der Waals surface area contributed by atoms with Gasteiger partial charge in [-0.05, 0) is 12.8 Å². The summed E-state index contributed by atoms with van der Waals surface area (Å²) in [5.41, 5.74) is 0. The quantitative estimate of drug-likeness (QED) is 0.763. The van der Waals surface area contributed by atoms with Crippen molar-refractivity contribution in [2.24, 2.45) is 0 Å². The van der Waals surface area contributed by atoms with Crippen molar-refractivity contribution in [2.75, 3.05) is 0 Å². The van der Waals surface area contributed by atoms with Crippen molar-refractivity contribution >= 4 is 23.2 Å². The van der Waals surface area contributed by atoms with Gasteiger partial charge in [-0.1, -0.05) is 23.2 Å². The van der Waals surface area contributed by atoms with Crippen molar-refractivity contribution in [3.63, 3.8) is 0 Å². The summed E-state index contributed by atoms with van der Waals surface area (Å²) in [6.45, 7) is 0. The molecule has 1 fully saturated rings. The average Bonchev–Trinajstić information content (AvgIpc) is 2.34. The van der Waals surface area contributed by atoms with E-state index in [0.29, 0.717) is 10.3 Å². The van der Waals surface area contributed by atoms with Crippen molar-refractivity contribution in [1.29, 1.82) is 0 Å². The summed E-state index contributed by atoms with van der Waals surface area (Å²) < 4.78 is 1.72. The number of rotatable bonds is 1. The first-order valence-electron chi connectivity index (χ1n) is 3.76. The Labute approximate surface area is 79.9 Å². The highest BCUT2D eigenvalue weighted by atomic mass is 35.5. The zero-order chi connectivity index (χ0) is 8.72. The smallest absolute Gasteiger partial charge is 0.166 e. The largest absolute Gasteiger partial charge is 0.391 e. The fourth-order valence-electron chi connectivity index (χ4n) is 1.34. The van der Waals surface area contributed by atoms with Gasteiger partial charge in [0.15, 0.2) is 5.15 Å². The van der Waals surface area contributed by atoms with Crippen molar-refractivity contribution < 1.29 is 5.11 Å². The Bertz CT molecular complexity index is 300. The number of aliphatic hydroxyl groups excluding tert-OH is 1. The van der Waals surface area contributed by atoms with E-state index in [9.17, 15) is 5.11 Å². The Morgan fingerprint density at radius 1 is 1.50 bits per heavy atom. The third kappa shape index (κ3) is 1.13. The third-order valence-electron chi connectivity index (χ3n) is 2.25. The van der Waals surface area contributed by atoms with Crippen LogP contribution < -0.4 is 0 Å². The van der Waals surface area contributed by atoms with Crippen LogP contribution in [-0.2, 0) is 0 Å². The number of aliphatic hydroxyl groups is 1. The normalized spacial score (nSPS) is 28.6. The Morgan fingerprint density at radius 2 is 2.25 bits per heavy atom. The molecule has 0 amide bonds. The molecule has 0 saturated heterocycles. The number of hydrogen-bond acceptors (Lipinski definition) is 2. The molecule has 1 aliphatic rings. The van der Waals surface area contributed by atoms with Crippen LogP contribution in [0.5, 0.6) is 0 Å². The highest BCUT2D eigenvalue weighted by Crippen LogP contribution is 2.36. The van der Waals surface area contributed by atoms with E-state index in [4.69, 9.17) is 23.2 Å². The number of imidazole rings is 1. The summed E-state index contributed by atoms with van der Waals surface area (Å²) >= 11 is 11.5. The second kappa shape index (κ2) is 2.91. The molecule has 0 radical (unpaired) electrons. The van der Waals surface area contributed by atoms with Crippen LogP contribution in [0.25, 0.3) is 0 Å². The maximum atomic E-state index is 9.34. The average molecular weight is 207 g/mol. The lowest BCUT2D eigenvalue weighted by molar-refractivity contribution is 0.0317. The molecule has 0 bridgehead atoms. The standard InChI is InChI=1S/C7H8Cl2N2O/c8-6-7(9)11(3-10-6)4-1-2-5(4)12/h3-5,12H,1-2H2/t4-,5-/m1/s1. The minimum absolute atomic E-state index is 0.0671. The van der Waals surface area contributed by atoms with Crippen LogP contribution in [0.4, 0.5) is 0 Å². The lowest BCUT2D eigenvalue weighted by Gasteiger charge is -2.33. The van der Waals surface area contributed by atoms with E-state index < -0.39 is 0 Å². The number of halogens is 2. The van der Waals surface area contributed by atoms with Crippen LogP contribution >= 0.6 is 23.2 Å². The van der Waals surface area contributed by atoms with E-state index in [1.165, 1.54) is 0 Å². The molecular weight excluding hydrogens is 199 g/mol. The highest BCUT2D eigenvalue weighted by Gasteiger charge is 2.31. The molecule has 66 valence electrons. The van der Waals surface area contributed by atoms with Gasteiger partial charge in [0.1, 0.15) is 5.15 Å². The summed E-state index contributed by atoms with van der Waals surface area (Å²) in [5, 5.41) is 10.1. The second-order valence-corrected chi connectivity index (χ2v) is 3.66. The Hall–Kier alpha value is -0.250. The van der Waals surface area contributed by atoms with Gasteiger partial charge in [-0.2, -0.15) is 0 Å². The molecule has 2 rings (SSSR count). The Kier molecular flexibility index (Phi) is 2.02. The molecule has 0 aliphatic heterocycles. The van der Waals surface area contributed by atoms with Crippen LogP contribution in [0.3, 0.4) is 0 Å². The maximum Gasteiger partial charge on any atom is 0.166 e. The van der Waals surface area contributed by atoms with Crippen molar-refractivity contribution in [2.45, 2.75) is 25.0 Å². The van der Waals surface area contributed by atoms with Crippen LogP contribution in [0.1, 0.15) is 18.9 Å². The van der Waals surface area contributed by atoms with Crippen LogP contribution in [-0.4, -0.2) is 20.8 Å². The molecule has 1 heterocycles. The van der Waals surface area contributed by atoms with Gasteiger partial charge in [0.05, 0.1) is 18.5 Å². The molecule has 3 nitrogen and oxygen atoms in total. The molecule has 1 aliphatic carbocycles. The number of aromatic nitrogens is 2. The zero-order valence-electron chi connectivity index (χ0n) is 6.24. The van der Waals surface area contributed by atoms with E-state index in [-0.39, 0.29) is 12.1 Å². The minimum atomic E-state index is -0.298. The van der Waals surface area contributed by atoms with Gasteiger partial charge >= 0.3 is 0 Å². The Morgan fingerprint density at radius 3 is 2.58 bits per heavy atom. The van der Waals surface area contributed by atoms with Gasteiger partial charge in [0.2, 0.25) is 0 Å². The van der Waals surface area contributed by atoms with E-state index in [0.717, 1.165) is 12.8 Å². The minimum Gasteiger partial charge on any atom is -0.391 e. The van der Waals surface area contributed by atoms with E-state index >= 15 is 0 Å². The van der Waals surface area contributed by atoms with Crippen molar-refractivity contribution in [3.8, 4) is 0 Å². The van der Waals surface area contributed by atoms with Gasteiger partial charge in [0, 0.05) is 0 Å². The molecule has 1 aromatic heterocycles. The van der Waals surface area contributed by atoms with E-state index in [1.807, 2.05) is 0 Å². The summed E-state index contributed by atoms with van der Waals surface area (Å²) in [7, 11) is 0. The van der Waals surface area contributed by atoms with Crippen molar-refractivity contribution in [3.05, 3.63) is 16.6 Å². The molecule has 1 N–H and O–H groups in total. The third-order valence-corrected chi connectivity index (χ3v) is 3.00.